The summed E-state index contributed by atoms with van der Waals surface area (Å²) in [6, 6.07) is 18.4. The standard InChI is InChI=1S/C17H16N2O/c1-12(20)18-15-9-8-14-10-16(19(2)17(14)11-15)13-6-4-3-5-7-13/h3-11H,1-2H3,(H,18,20). The molecule has 2 aromatic carbocycles. The summed E-state index contributed by atoms with van der Waals surface area (Å²) >= 11 is 0. The van der Waals surface area contributed by atoms with Gasteiger partial charge in [-0.05, 0) is 23.8 Å². The third-order valence-electron chi connectivity index (χ3n) is 3.44. The number of anilines is 1. The molecule has 3 nitrogen and oxygen atoms in total. The van der Waals surface area contributed by atoms with Crippen LogP contribution in [0.2, 0.25) is 0 Å². The van der Waals surface area contributed by atoms with E-state index in [1.807, 2.05) is 43.4 Å². The number of carbonyl (C=O) groups is 1. The largest absolute Gasteiger partial charge is 0.344 e. The first-order valence-corrected chi connectivity index (χ1v) is 6.57. The smallest absolute Gasteiger partial charge is 0.221 e. The van der Waals surface area contributed by atoms with Crippen molar-refractivity contribution in [2.45, 2.75) is 6.92 Å². The van der Waals surface area contributed by atoms with E-state index in [-0.39, 0.29) is 5.91 Å². The van der Waals surface area contributed by atoms with Crippen LogP contribution in [0, 0.1) is 0 Å². The highest BCUT2D eigenvalue weighted by Crippen LogP contribution is 2.28. The Morgan fingerprint density at radius 3 is 2.50 bits per heavy atom. The monoisotopic (exact) mass is 264 g/mol. The number of carbonyl (C=O) groups excluding carboxylic acids is 1. The van der Waals surface area contributed by atoms with Crippen molar-refractivity contribution in [1.29, 1.82) is 0 Å². The van der Waals surface area contributed by atoms with Gasteiger partial charge in [-0.3, -0.25) is 4.79 Å². The topological polar surface area (TPSA) is 34.0 Å². The molecule has 0 saturated carbocycles. The molecule has 3 aromatic rings. The Balaban J connectivity index is 2.13. The van der Waals surface area contributed by atoms with Gasteiger partial charge in [-0.25, -0.2) is 0 Å². The van der Waals surface area contributed by atoms with Gasteiger partial charge >= 0.3 is 0 Å². The van der Waals surface area contributed by atoms with Crippen molar-refractivity contribution in [3.05, 3.63) is 54.6 Å². The molecule has 0 unspecified atom stereocenters. The van der Waals surface area contributed by atoms with Gasteiger partial charge in [0.2, 0.25) is 5.91 Å². The number of hydrogen-bond acceptors (Lipinski definition) is 1. The van der Waals surface area contributed by atoms with Crippen LogP contribution in [0.3, 0.4) is 0 Å². The van der Waals surface area contributed by atoms with Crippen LogP contribution in [0.25, 0.3) is 22.2 Å². The zero-order valence-corrected chi connectivity index (χ0v) is 11.6. The molecule has 0 atom stereocenters. The second-order valence-electron chi connectivity index (χ2n) is 4.91. The lowest BCUT2D eigenvalue weighted by atomic mass is 10.1. The van der Waals surface area contributed by atoms with Gasteiger partial charge in [0.1, 0.15) is 0 Å². The van der Waals surface area contributed by atoms with Gasteiger partial charge in [0.15, 0.2) is 0 Å². The molecule has 1 heterocycles. The molecule has 3 heteroatoms. The molecule has 0 aliphatic rings. The fraction of sp³-hybridized carbons (Fsp3) is 0.118. The van der Waals surface area contributed by atoms with Crippen LogP contribution >= 0.6 is 0 Å². The Hall–Kier alpha value is -2.55. The van der Waals surface area contributed by atoms with E-state index in [0.717, 1.165) is 11.2 Å². The minimum atomic E-state index is -0.0538. The number of aryl methyl sites for hydroxylation is 1. The fourth-order valence-corrected chi connectivity index (χ4v) is 2.50. The number of nitrogens with one attached hydrogen (secondary N) is 1. The van der Waals surface area contributed by atoms with Gasteiger partial charge in [-0.1, -0.05) is 36.4 Å². The first-order chi connectivity index (χ1) is 9.65. The van der Waals surface area contributed by atoms with Gasteiger partial charge in [0.25, 0.3) is 0 Å². The summed E-state index contributed by atoms with van der Waals surface area (Å²) in [5.41, 5.74) is 4.29. The molecule has 1 amide bonds. The number of benzene rings is 2. The van der Waals surface area contributed by atoms with E-state index >= 15 is 0 Å². The average molecular weight is 264 g/mol. The van der Waals surface area contributed by atoms with E-state index in [1.54, 1.807) is 0 Å². The summed E-state index contributed by atoms with van der Waals surface area (Å²) in [7, 11) is 2.04. The minimum absolute atomic E-state index is 0.0538. The molecule has 0 bridgehead atoms. The van der Waals surface area contributed by atoms with Crippen LogP contribution in [-0.4, -0.2) is 10.5 Å². The highest BCUT2D eigenvalue weighted by Gasteiger charge is 2.08. The van der Waals surface area contributed by atoms with Crippen molar-refractivity contribution in [3.8, 4) is 11.3 Å². The quantitative estimate of drug-likeness (QED) is 0.750. The second kappa shape index (κ2) is 4.85. The average Bonchev–Trinajstić information content (AvgIpc) is 2.76. The number of nitrogens with zero attached hydrogens (tertiary/aromatic N) is 1. The Kier molecular flexibility index (Phi) is 3.03. The molecule has 20 heavy (non-hydrogen) atoms. The number of aromatic nitrogens is 1. The van der Waals surface area contributed by atoms with Gasteiger partial charge in [0, 0.05) is 30.7 Å². The molecule has 0 radical (unpaired) electrons. The molecule has 3 rings (SSSR count). The number of rotatable bonds is 2. The van der Waals surface area contributed by atoms with Crippen LogP contribution in [0.5, 0.6) is 0 Å². The van der Waals surface area contributed by atoms with Crippen molar-refractivity contribution < 1.29 is 4.79 Å². The third kappa shape index (κ3) is 2.18. The van der Waals surface area contributed by atoms with Crippen molar-refractivity contribution >= 4 is 22.5 Å². The predicted molar refractivity (Wildman–Crippen MR) is 82.7 cm³/mol. The Morgan fingerprint density at radius 2 is 1.80 bits per heavy atom. The van der Waals surface area contributed by atoms with Crippen molar-refractivity contribution in [2.75, 3.05) is 5.32 Å². The van der Waals surface area contributed by atoms with Crippen molar-refractivity contribution in [1.82, 2.24) is 4.57 Å². The molecule has 1 aromatic heterocycles. The maximum absolute atomic E-state index is 11.1. The van der Waals surface area contributed by atoms with Crippen LogP contribution in [0.4, 0.5) is 5.69 Å². The molecular formula is C17H16N2O. The molecule has 0 fully saturated rings. The zero-order chi connectivity index (χ0) is 14.1. The molecular weight excluding hydrogens is 248 g/mol. The molecule has 0 saturated heterocycles. The summed E-state index contributed by atoms with van der Waals surface area (Å²) in [4.78, 5) is 11.1. The summed E-state index contributed by atoms with van der Waals surface area (Å²) in [5.74, 6) is -0.0538. The van der Waals surface area contributed by atoms with Crippen molar-refractivity contribution in [3.63, 3.8) is 0 Å². The lowest BCUT2D eigenvalue weighted by Gasteiger charge is -2.06. The van der Waals surface area contributed by atoms with Gasteiger partial charge in [-0.15, -0.1) is 0 Å². The van der Waals surface area contributed by atoms with E-state index in [2.05, 4.69) is 28.1 Å². The molecule has 0 aliphatic heterocycles. The van der Waals surface area contributed by atoms with Gasteiger partial charge < -0.3 is 9.88 Å². The maximum Gasteiger partial charge on any atom is 0.221 e. The van der Waals surface area contributed by atoms with Crippen LogP contribution < -0.4 is 5.32 Å². The van der Waals surface area contributed by atoms with E-state index in [9.17, 15) is 4.79 Å². The van der Waals surface area contributed by atoms with E-state index in [0.29, 0.717) is 0 Å². The van der Waals surface area contributed by atoms with E-state index in [4.69, 9.17) is 0 Å². The lowest BCUT2D eigenvalue weighted by molar-refractivity contribution is -0.114. The molecule has 100 valence electrons. The molecule has 1 N–H and O–H groups in total. The highest BCUT2D eigenvalue weighted by atomic mass is 16.1. The minimum Gasteiger partial charge on any atom is -0.344 e. The van der Waals surface area contributed by atoms with Crippen molar-refractivity contribution in [2.24, 2.45) is 7.05 Å². The summed E-state index contributed by atoms with van der Waals surface area (Å²) in [5, 5.41) is 3.99. The first-order valence-electron chi connectivity index (χ1n) is 6.57. The summed E-state index contributed by atoms with van der Waals surface area (Å²) in [6.45, 7) is 1.52. The predicted octanol–water partition coefficient (Wildman–Crippen LogP) is 3.80. The Bertz CT molecular complexity index is 772. The first kappa shape index (κ1) is 12.5. The van der Waals surface area contributed by atoms with E-state index in [1.165, 1.54) is 23.6 Å². The summed E-state index contributed by atoms with van der Waals surface area (Å²) in [6.07, 6.45) is 0. The van der Waals surface area contributed by atoms with Crippen LogP contribution in [-0.2, 0) is 11.8 Å². The number of fused-ring (bicyclic) bond motifs is 1. The zero-order valence-electron chi connectivity index (χ0n) is 11.6. The number of amides is 1. The van der Waals surface area contributed by atoms with Gasteiger partial charge in [-0.2, -0.15) is 0 Å². The molecule has 0 spiro atoms. The second-order valence-corrected chi connectivity index (χ2v) is 4.91. The van der Waals surface area contributed by atoms with Crippen LogP contribution in [0.1, 0.15) is 6.92 Å². The van der Waals surface area contributed by atoms with Crippen LogP contribution in [0.15, 0.2) is 54.6 Å². The molecule has 0 aliphatic carbocycles. The highest BCUT2D eigenvalue weighted by molar-refractivity contribution is 5.94. The van der Waals surface area contributed by atoms with E-state index < -0.39 is 0 Å². The SMILES string of the molecule is CC(=O)Nc1ccc2cc(-c3ccccc3)n(C)c2c1. The van der Waals surface area contributed by atoms with Gasteiger partial charge in [0.05, 0.1) is 5.52 Å². The normalized spacial score (nSPS) is 10.7. The summed E-state index contributed by atoms with van der Waals surface area (Å²) < 4.78 is 2.15. The maximum atomic E-state index is 11.1. The third-order valence-corrected chi connectivity index (χ3v) is 3.44. The Morgan fingerprint density at radius 1 is 1.05 bits per heavy atom. The Labute approximate surface area is 117 Å². The number of hydrogen-bond donors (Lipinski definition) is 1. The lowest BCUT2D eigenvalue weighted by Crippen LogP contribution is -2.05. The fourth-order valence-electron chi connectivity index (χ4n) is 2.50.